The quantitative estimate of drug-likeness (QED) is 0.0343. The number of carbonyl (C=O) groups is 3. The van der Waals surface area contributed by atoms with E-state index in [1.54, 1.807) is 0 Å². The first-order valence-corrected chi connectivity index (χ1v) is 31.1. The van der Waals surface area contributed by atoms with Crippen LogP contribution in [-0.4, -0.2) is 37.2 Å². The van der Waals surface area contributed by atoms with E-state index in [9.17, 15) is 14.4 Å². The highest BCUT2D eigenvalue weighted by atomic mass is 16.6. The van der Waals surface area contributed by atoms with Gasteiger partial charge in [0.2, 0.25) is 0 Å². The van der Waals surface area contributed by atoms with Gasteiger partial charge in [-0.05, 0) is 37.0 Å². The molecule has 0 bridgehead atoms. The molecule has 6 heteroatoms. The smallest absolute Gasteiger partial charge is 0.306 e. The largest absolute Gasteiger partial charge is 0.462 e. The molecule has 0 rings (SSSR count). The molecule has 0 aromatic rings. The van der Waals surface area contributed by atoms with Crippen molar-refractivity contribution in [1.29, 1.82) is 0 Å². The summed E-state index contributed by atoms with van der Waals surface area (Å²) in [5, 5.41) is 0. The zero-order valence-corrected chi connectivity index (χ0v) is 47.6. The number of rotatable bonds is 56. The monoisotopic (exact) mass is 975 g/mol. The molecule has 0 amide bonds. The third-order valence-electron chi connectivity index (χ3n) is 14.8. The summed E-state index contributed by atoms with van der Waals surface area (Å²) in [6.45, 7) is 13.8. The van der Waals surface area contributed by atoms with Crippen LogP contribution in [0.2, 0.25) is 0 Å². The molecule has 0 aromatic heterocycles. The van der Waals surface area contributed by atoms with Crippen molar-refractivity contribution in [2.24, 2.45) is 17.8 Å². The molecule has 0 spiro atoms. The van der Waals surface area contributed by atoms with Crippen molar-refractivity contribution in [3.05, 3.63) is 0 Å². The van der Waals surface area contributed by atoms with Crippen molar-refractivity contribution in [3.63, 3.8) is 0 Å². The SMILES string of the molecule is CCC(C)CCCCCCCCCCCCCCCCCCCCC(=O)O[C@@H](COC(=O)CCCCCCCCCCCCCCCCC(C)C)COC(=O)CCCCCCCCCCCC(C)C. The van der Waals surface area contributed by atoms with Crippen LogP contribution >= 0.6 is 0 Å². The highest BCUT2D eigenvalue weighted by Gasteiger charge is 2.19. The Morgan fingerprint density at radius 2 is 0.507 bits per heavy atom. The minimum absolute atomic E-state index is 0.0632. The number of carbonyl (C=O) groups excluding carboxylic acids is 3. The second kappa shape index (κ2) is 54.2. The highest BCUT2D eigenvalue weighted by molar-refractivity contribution is 5.71. The summed E-state index contributed by atoms with van der Waals surface area (Å²) in [6, 6.07) is 0. The zero-order chi connectivity index (χ0) is 50.5. The van der Waals surface area contributed by atoms with Gasteiger partial charge in [0.05, 0.1) is 0 Å². The Balaban J connectivity index is 4.24. The molecule has 0 saturated carbocycles. The maximum Gasteiger partial charge on any atom is 0.306 e. The van der Waals surface area contributed by atoms with E-state index in [0.717, 1.165) is 75.5 Å². The molecular weight excluding hydrogens is 853 g/mol. The van der Waals surface area contributed by atoms with E-state index >= 15 is 0 Å². The molecule has 69 heavy (non-hydrogen) atoms. The number of hydrogen-bond donors (Lipinski definition) is 0. The Labute approximate surface area is 431 Å². The fourth-order valence-corrected chi connectivity index (χ4v) is 9.67. The minimum Gasteiger partial charge on any atom is -0.462 e. The van der Waals surface area contributed by atoms with Crippen LogP contribution in [0.15, 0.2) is 0 Å². The van der Waals surface area contributed by atoms with Crippen LogP contribution in [0.25, 0.3) is 0 Å². The molecule has 0 aliphatic heterocycles. The van der Waals surface area contributed by atoms with Crippen LogP contribution < -0.4 is 0 Å². The summed E-state index contributed by atoms with van der Waals surface area (Å²) in [5.41, 5.74) is 0. The van der Waals surface area contributed by atoms with E-state index < -0.39 is 6.10 Å². The van der Waals surface area contributed by atoms with Crippen molar-refractivity contribution in [3.8, 4) is 0 Å². The van der Waals surface area contributed by atoms with E-state index in [1.807, 2.05) is 0 Å². The molecule has 1 unspecified atom stereocenters. The predicted molar refractivity (Wildman–Crippen MR) is 298 cm³/mol. The molecule has 410 valence electrons. The lowest BCUT2D eigenvalue weighted by Crippen LogP contribution is -2.30. The molecule has 0 aromatic carbocycles. The number of unbranched alkanes of at least 4 members (excludes halogenated alkanes) is 38. The van der Waals surface area contributed by atoms with Crippen LogP contribution in [0, 0.1) is 17.8 Å². The molecule has 0 fully saturated rings. The summed E-state index contributed by atoms with van der Waals surface area (Å²) >= 11 is 0. The molecular formula is C63H122O6. The number of ether oxygens (including phenoxy) is 3. The molecule has 0 aliphatic carbocycles. The average molecular weight is 976 g/mol. The molecule has 0 aliphatic rings. The van der Waals surface area contributed by atoms with Crippen molar-refractivity contribution in [1.82, 2.24) is 0 Å². The molecule has 0 heterocycles. The third-order valence-corrected chi connectivity index (χ3v) is 14.8. The Morgan fingerprint density at radius 1 is 0.290 bits per heavy atom. The van der Waals surface area contributed by atoms with Gasteiger partial charge in [-0.15, -0.1) is 0 Å². The van der Waals surface area contributed by atoms with E-state index in [0.29, 0.717) is 19.3 Å². The Morgan fingerprint density at radius 3 is 0.754 bits per heavy atom. The molecule has 0 saturated heterocycles. The first-order valence-electron chi connectivity index (χ1n) is 31.1. The van der Waals surface area contributed by atoms with Crippen molar-refractivity contribution in [2.75, 3.05) is 13.2 Å². The van der Waals surface area contributed by atoms with Crippen molar-refractivity contribution < 1.29 is 28.6 Å². The van der Waals surface area contributed by atoms with Crippen LogP contribution in [0.1, 0.15) is 350 Å². The second-order valence-electron chi connectivity index (χ2n) is 22.9. The van der Waals surface area contributed by atoms with Gasteiger partial charge in [-0.3, -0.25) is 14.4 Å². The van der Waals surface area contributed by atoms with Gasteiger partial charge in [0, 0.05) is 19.3 Å². The predicted octanol–water partition coefficient (Wildman–Crippen LogP) is 20.7. The average Bonchev–Trinajstić information content (AvgIpc) is 3.32. The van der Waals surface area contributed by atoms with E-state index in [2.05, 4.69) is 41.5 Å². The van der Waals surface area contributed by atoms with Gasteiger partial charge < -0.3 is 14.2 Å². The Bertz CT molecular complexity index is 1070. The van der Waals surface area contributed by atoms with E-state index in [1.165, 1.54) is 231 Å². The zero-order valence-electron chi connectivity index (χ0n) is 47.6. The van der Waals surface area contributed by atoms with Crippen molar-refractivity contribution in [2.45, 2.75) is 356 Å². The maximum absolute atomic E-state index is 12.9. The minimum atomic E-state index is -0.764. The lowest BCUT2D eigenvalue weighted by molar-refractivity contribution is -0.167. The lowest BCUT2D eigenvalue weighted by Gasteiger charge is -2.18. The van der Waals surface area contributed by atoms with Gasteiger partial charge in [0.25, 0.3) is 0 Å². The molecule has 2 atom stereocenters. The standard InChI is InChI=1S/C63H122O6/c1-7-59(6)51-45-39-33-27-21-17-12-10-8-9-11-13-19-23-29-36-42-48-54-63(66)69-60(56-68-62(65)53-47-41-35-30-24-26-32-38-44-50-58(4)5)55-67-61(64)52-46-40-34-28-22-18-15-14-16-20-25-31-37-43-49-57(2)3/h57-60H,7-56H2,1-6H3/t59?,60-/m0/s1. The molecule has 0 radical (unpaired) electrons. The van der Waals surface area contributed by atoms with Gasteiger partial charge in [0.1, 0.15) is 13.2 Å². The highest BCUT2D eigenvalue weighted by Crippen LogP contribution is 2.19. The van der Waals surface area contributed by atoms with Gasteiger partial charge >= 0.3 is 17.9 Å². The third kappa shape index (κ3) is 55.6. The molecule has 0 N–H and O–H groups in total. The van der Waals surface area contributed by atoms with Gasteiger partial charge in [-0.25, -0.2) is 0 Å². The first kappa shape index (κ1) is 67.4. The van der Waals surface area contributed by atoms with Crippen LogP contribution in [-0.2, 0) is 28.6 Å². The maximum atomic E-state index is 12.9. The topological polar surface area (TPSA) is 78.9 Å². The van der Waals surface area contributed by atoms with E-state index in [-0.39, 0.29) is 31.1 Å². The van der Waals surface area contributed by atoms with Gasteiger partial charge in [-0.2, -0.15) is 0 Å². The summed E-state index contributed by atoms with van der Waals surface area (Å²) in [5.74, 6) is 1.72. The summed E-state index contributed by atoms with van der Waals surface area (Å²) in [7, 11) is 0. The number of hydrogen-bond acceptors (Lipinski definition) is 6. The van der Waals surface area contributed by atoms with E-state index in [4.69, 9.17) is 14.2 Å². The first-order chi connectivity index (χ1) is 33.6. The van der Waals surface area contributed by atoms with Crippen LogP contribution in [0.3, 0.4) is 0 Å². The lowest BCUT2D eigenvalue weighted by atomic mass is 9.99. The normalized spacial score (nSPS) is 12.5. The Hall–Kier alpha value is -1.59. The second-order valence-corrected chi connectivity index (χ2v) is 22.9. The summed E-state index contributed by atoms with van der Waals surface area (Å²) in [6.07, 6.45) is 58.2. The fourth-order valence-electron chi connectivity index (χ4n) is 9.67. The summed E-state index contributed by atoms with van der Waals surface area (Å²) < 4.78 is 16.9. The van der Waals surface area contributed by atoms with Gasteiger partial charge in [0.15, 0.2) is 6.10 Å². The number of esters is 3. The van der Waals surface area contributed by atoms with Crippen LogP contribution in [0.4, 0.5) is 0 Å². The van der Waals surface area contributed by atoms with Crippen LogP contribution in [0.5, 0.6) is 0 Å². The van der Waals surface area contributed by atoms with Gasteiger partial charge in [-0.1, -0.05) is 311 Å². The van der Waals surface area contributed by atoms with Crippen molar-refractivity contribution >= 4 is 17.9 Å². The molecule has 6 nitrogen and oxygen atoms in total. The Kier molecular flexibility index (Phi) is 52.9. The summed E-state index contributed by atoms with van der Waals surface area (Å²) in [4.78, 5) is 38.2. The fraction of sp³-hybridized carbons (Fsp3) is 0.952.